The van der Waals surface area contributed by atoms with Gasteiger partial charge < -0.3 is 34.6 Å². The first kappa shape index (κ1) is 20.2. The molecular formula is C6H11FO12P2. The molecule has 0 amide bonds. The van der Waals surface area contributed by atoms with E-state index in [2.05, 4.69) is 9.05 Å². The molecule has 0 bridgehead atoms. The van der Waals surface area contributed by atoms with E-state index in [0.717, 1.165) is 0 Å². The Kier molecular flexibility index (Phi) is 7.23. The number of carbonyl (C=O) groups is 2. The maximum absolute atomic E-state index is 13.3. The zero-order chi connectivity index (χ0) is 17.0. The molecule has 12 nitrogen and oxygen atoms in total. The maximum atomic E-state index is 13.3. The van der Waals surface area contributed by atoms with Crippen molar-refractivity contribution in [1.82, 2.24) is 0 Å². The van der Waals surface area contributed by atoms with Gasteiger partial charge in [-0.2, -0.15) is 0 Å². The summed E-state index contributed by atoms with van der Waals surface area (Å²) in [4.78, 5) is 55.0. The number of phosphoric acid groups is 2. The topological polar surface area (TPSA) is 208 Å². The number of carbonyl (C=O) groups excluding carboxylic acids is 1. The van der Waals surface area contributed by atoms with Crippen LogP contribution in [-0.4, -0.2) is 66.5 Å². The molecule has 0 radical (unpaired) electrons. The van der Waals surface area contributed by atoms with Crippen LogP contribution in [0.3, 0.4) is 0 Å². The molecule has 0 aliphatic heterocycles. The van der Waals surface area contributed by atoms with Gasteiger partial charge in [0, 0.05) is 0 Å². The van der Waals surface area contributed by atoms with Gasteiger partial charge in [-0.3, -0.25) is 9.05 Å². The summed E-state index contributed by atoms with van der Waals surface area (Å²) in [6, 6.07) is 0. The number of aldehydes is 1. The molecule has 0 aliphatic carbocycles. The summed E-state index contributed by atoms with van der Waals surface area (Å²) in [6.07, 6.45) is -12.0. The van der Waals surface area contributed by atoms with Gasteiger partial charge in [0.15, 0.2) is 18.6 Å². The SMILES string of the molecule is O=C[C@H](F)[C@@H](OP(=O)(O)O)[C@H](OP(=O)(O)O)[C@H](O)C(=O)O. The van der Waals surface area contributed by atoms with Gasteiger partial charge in [-0.15, -0.1) is 0 Å². The zero-order valence-electron chi connectivity index (χ0n) is 9.79. The van der Waals surface area contributed by atoms with Crippen LogP contribution in [0, 0.1) is 0 Å². The largest absolute Gasteiger partial charge is 0.479 e. The van der Waals surface area contributed by atoms with Crippen LogP contribution in [0.2, 0.25) is 0 Å². The third-order valence-electron chi connectivity index (χ3n) is 1.85. The molecule has 0 aliphatic rings. The number of aliphatic hydroxyl groups excluding tert-OH is 1. The van der Waals surface area contributed by atoms with Crippen molar-refractivity contribution in [2.24, 2.45) is 0 Å². The predicted octanol–water partition coefficient (Wildman–Crippen LogP) is -2.08. The molecule has 0 rings (SSSR count). The number of hydrogen-bond donors (Lipinski definition) is 6. The molecule has 15 heteroatoms. The van der Waals surface area contributed by atoms with Crippen LogP contribution in [0.15, 0.2) is 0 Å². The Morgan fingerprint density at radius 3 is 1.71 bits per heavy atom. The van der Waals surface area contributed by atoms with Gasteiger partial charge in [0.25, 0.3) is 0 Å². The quantitative estimate of drug-likeness (QED) is 0.194. The first-order chi connectivity index (χ1) is 9.28. The number of alkyl halides is 1. The smallest absolute Gasteiger partial charge is 0.470 e. The zero-order valence-corrected chi connectivity index (χ0v) is 11.6. The number of carboxylic acid groups (broad SMARTS) is 1. The van der Waals surface area contributed by atoms with Gasteiger partial charge in [-0.1, -0.05) is 0 Å². The van der Waals surface area contributed by atoms with E-state index in [1.165, 1.54) is 0 Å². The van der Waals surface area contributed by atoms with E-state index in [-0.39, 0.29) is 0 Å². The van der Waals surface area contributed by atoms with Gasteiger partial charge in [0.2, 0.25) is 0 Å². The fourth-order valence-corrected chi connectivity index (χ4v) is 2.24. The summed E-state index contributed by atoms with van der Waals surface area (Å²) in [6.45, 7) is 0. The standard InChI is InChI=1S/C6H11FO12P2/c7-2(1-8)4(18-20(12,13)14)5(3(9)6(10)11)19-21(15,16)17/h1-5,9H,(H,10,11)(H2,12,13,14)(H2,15,16,17)/t2-,3-,4+,5+/m0/s1. The first-order valence-electron chi connectivity index (χ1n) is 4.76. The molecular weight excluding hydrogens is 345 g/mol. The Morgan fingerprint density at radius 2 is 1.43 bits per heavy atom. The number of aliphatic hydroxyl groups is 1. The average Bonchev–Trinajstić information content (AvgIpc) is 2.29. The molecule has 4 atom stereocenters. The second kappa shape index (κ2) is 7.49. The minimum atomic E-state index is -5.52. The van der Waals surface area contributed by atoms with Crippen LogP contribution >= 0.6 is 15.6 Å². The minimum absolute atomic E-state index is 0.592. The highest BCUT2D eigenvalue weighted by Crippen LogP contribution is 2.44. The van der Waals surface area contributed by atoms with E-state index in [9.17, 15) is 28.2 Å². The lowest BCUT2D eigenvalue weighted by Crippen LogP contribution is -2.49. The lowest BCUT2D eigenvalue weighted by molar-refractivity contribution is -0.159. The Hall–Kier alpha value is -0.750. The lowest BCUT2D eigenvalue weighted by Gasteiger charge is -2.29. The van der Waals surface area contributed by atoms with Crippen LogP contribution in [0.4, 0.5) is 4.39 Å². The number of phosphoric ester groups is 2. The van der Waals surface area contributed by atoms with Crippen molar-refractivity contribution in [3.05, 3.63) is 0 Å². The summed E-state index contributed by atoms with van der Waals surface area (Å²) < 4.78 is 42.1. The molecule has 0 spiro atoms. The summed E-state index contributed by atoms with van der Waals surface area (Å²) in [5, 5.41) is 17.7. The third-order valence-corrected chi connectivity index (χ3v) is 2.89. The van der Waals surface area contributed by atoms with Crippen molar-refractivity contribution in [1.29, 1.82) is 0 Å². The number of hydrogen-bond acceptors (Lipinski definition) is 7. The lowest BCUT2D eigenvalue weighted by atomic mass is 10.0. The van der Waals surface area contributed by atoms with Crippen LogP contribution < -0.4 is 0 Å². The molecule has 6 N–H and O–H groups in total. The maximum Gasteiger partial charge on any atom is 0.470 e. The summed E-state index contributed by atoms with van der Waals surface area (Å²) in [5.41, 5.74) is 0. The molecule has 0 aromatic rings. The van der Waals surface area contributed by atoms with Crippen molar-refractivity contribution >= 4 is 27.9 Å². The Labute approximate surface area is 115 Å². The number of halogens is 1. The predicted molar refractivity (Wildman–Crippen MR) is 58.4 cm³/mol. The van der Waals surface area contributed by atoms with Crippen molar-refractivity contribution in [3.8, 4) is 0 Å². The van der Waals surface area contributed by atoms with E-state index in [4.69, 9.17) is 24.7 Å². The van der Waals surface area contributed by atoms with E-state index >= 15 is 0 Å². The average molecular weight is 356 g/mol. The van der Waals surface area contributed by atoms with Gasteiger partial charge in [0.1, 0.15) is 12.2 Å². The van der Waals surface area contributed by atoms with Gasteiger partial charge in [-0.05, 0) is 0 Å². The van der Waals surface area contributed by atoms with Crippen molar-refractivity contribution in [2.75, 3.05) is 0 Å². The fourth-order valence-electron chi connectivity index (χ4n) is 1.13. The molecule has 0 saturated carbocycles. The van der Waals surface area contributed by atoms with Crippen LogP contribution in [0.1, 0.15) is 0 Å². The molecule has 21 heavy (non-hydrogen) atoms. The first-order valence-corrected chi connectivity index (χ1v) is 7.82. The monoisotopic (exact) mass is 356 g/mol. The Balaban J connectivity index is 5.65. The molecule has 124 valence electrons. The minimum Gasteiger partial charge on any atom is -0.479 e. The molecule has 0 unspecified atom stereocenters. The molecule has 0 fully saturated rings. The number of rotatable bonds is 9. The molecule has 0 aromatic carbocycles. The normalized spacial score (nSPS) is 18.6. The van der Waals surface area contributed by atoms with Crippen molar-refractivity contribution < 1.29 is 61.9 Å². The van der Waals surface area contributed by atoms with Crippen LogP contribution in [-0.2, 0) is 27.8 Å². The Morgan fingerprint density at radius 1 is 1.05 bits per heavy atom. The van der Waals surface area contributed by atoms with E-state index in [0.29, 0.717) is 0 Å². The Bertz CT molecular complexity index is 468. The highest BCUT2D eigenvalue weighted by atomic mass is 31.2. The van der Waals surface area contributed by atoms with E-state index < -0.39 is 52.4 Å². The summed E-state index contributed by atoms with van der Waals surface area (Å²) >= 11 is 0. The van der Waals surface area contributed by atoms with Gasteiger partial charge in [-0.25, -0.2) is 18.3 Å². The van der Waals surface area contributed by atoms with Crippen LogP contribution in [0.25, 0.3) is 0 Å². The van der Waals surface area contributed by atoms with E-state index in [1.54, 1.807) is 0 Å². The second-order valence-electron chi connectivity index (χ2n) is 3.48. The third kappa shape index (κ3) is 7.71. The highest BCUT2D eigenvalue weighted by molar-refractivity contribution is 7.46. The number of aliphatic carboxylic acids is 1. The van der Waals surface area contributed by atoms with Gasteiger partial charge in [0.05, 0.1) is 0 Å². The molecule has 0 heterocycles. The van der Waals surface area contributed by atoms with Gasteiger partial charge >= 0.3 is 21.6 Å². The molecule has 0 saturated heterocycles. The van der Waals surface area contributed by atoms with Crippen molar-refractivity contribution in [3.63, 3.8) is 0 Å². The number of carboxylic acids is 1. The highest BCUT2D eigenvalue weighted by Gasteiger charge is 2.46. The van der Waals surface area contributed by atoms with Crippen molar-refractivity contribution in [2.45, 2.75) is 24.5 Å². The van der Waals surface area contributed by atoms with E-state index in [1.807, 2.05) is 0 Å². The second-order valence-corrected chi connectivity index (χ2v) is 5.87. The summed E-state index contributed by atoms with van der Waals surface area (Å²) in [5.74, 6) is -2.18. The van der Waals surface area contributed by atoms with Crippen LogP contribution in [0.5, 0.6) is 0 Å². The summed E-state index contributed by atoms with van der Waals surface area (Å²) in [7, 11) is -11.0. The molecule has 0 aromatic heterocycles. The fraction of sp³-hybridized carbons (Fsp3) is 0.667.